The Morgan fingerprint density at radius 1 is 0.867 bits per heavy atom. The second-order valence-corrected chi connectivity index (χ2v) is 8.50. The molecule has 0 saturated heterocycles. The molecule has 0 spiro atoms. The minimum Gasteiger partial charge on any atom is -0.488 e. The first kappa shape index (κ1) is 20.0. The van der Waals surface area contributed by atoms with Crippen LogP contribution in [0.25, 0.3) is 28.9 Å². The molecule has 0 unspecified atom stereocenters. The summed E-state index contributed by atoms with van der Waals surface area (Å²) in [7, 11) is 0. The molecule has 3 aromatic carbocycles. The first-order valence-electron chi connectivity index (χ1n) is 10.4. The van der Waals surface area contributed by atoms with Gasteiger partial charge < -0.3 is 4.74 Å². The Bertz CT molecular complexity index is 1160. The number of aryl methyl sites for hydroxylation is 1. The second kappa shape index (κ2) is 8.19. The van der Waals surface area contributed by atoms with Crippen LogP contribution in [0.2, 0.25) is 0 Å². The van der Waals surface area contributed by atoms with Crippen LogP contribution in [0.1, 0.15) is 44.4 Å². The minimum atomic E-state index is -0.203. The SMILES string of the molecule is CCc1ccc(/C=C\c2ccc3c(c2)ncn3-c2ccc(OC(C)(C)C)cc2)cc1. The number of benzene rings is 3. The molecule has 3 nitrogen and oxygen atoms in total. The summed E-state index contributed by atoms with van der Waals surface area (Å²) in [5, 5.41) is 0. The Hall–Kier alpha value is -3.33. The highest BCUT2D eigenvalue weighted by Gasteiger charge is 2.12. The summed E-state index contributed by atoms with van der Waals surface area (Å²) in [4.78, 5) is 4.61. The zero-order valence-electron chi connectivity index (χ0n) is 18.1. The zero-order chi connectivity index (χ0) is 21.1. The Morgan fingerprint density at radius 3 is 2.20 bits per heavy atom. The lowest BCUT2D eigenvalue weighted by Gasteiger charge is -2.21. The molecule has 4 aromatic rings. The van der Waals surface area contributed by atoms with Crippen LogP contribution in [0.15, 0.2) is 73.1 Å². The molecule has 30 heavy (non-hydrogen) atoms. The van der Waals surface area contributed by atoms with Crippen LogP contribution in [0, 0.1) is 0 Å². The van der Waals surface area contributed by atoms with E-state index in [2.05, 4.69) is 104 Å². The van der Waals surface area contributed by atoms with Crippen molar-refractivity contribution in [1.29, 1.82) is 0 Å². The second-order valence-electron chi connectivity index (χ2n) is 8.50. The molecule has 0 aliphatic rings. The Balaban J connectivity index is 1.55. The van der Waals surface area contributed by atoms with E-state index in [-0.39, 0.29) is 5.60 Å². The van der Waals surface area contributed by atoms with Crippen LogP contribution >= 0.6 is 0 Å². The van der Waals surface area contributed by atoms with E-state index < -0.39 is 0 Å². The molecule has 152 valence electrons. The highest BCUT2D eigenvalue weighted by molar-refractivity contribution is 5.82. The highest BCUT2D eigenvalue weighted by atomic mass is 16.5. The molecule has 0 aliphatic carbocycles. The number of fused-ring (bicyclic) bond motifs is 1. The predicted octanol–water partition coefficient (Wildman–Crippen LogP) is 6.94. The monoisotopic (exact) mass is 396 g/mol. The van der Waals surface area contributed by atoms with Crippen LogP contribution in [-0.4, -0.2) is 15.2 Å². The molecular formula is C27H28N2O. The lowest BCUT2D eigenvalue weighted by molar-refractivity contribution is 0.131. The van der Waals surface area contributed by atoms with Gasteiger partial charge in [-0.2, -0.15) is 0 Å². The standard InChI is InChI=1S/C27H28N2O/c1-5-20-6-8-21(9-7-20)10-11-22-12-17-26-25(18-22)28-19-29(26)23-13-15-24(16-14-23)30-27(2,3)4/h6-19H,5H2,1-4H3/b11-10-. The Labute approximate surface area is 178 Å². The number of imidazole rings is 1. The summed E-state index contributed by atoms with van der Waals surface area (Å²) >= 11 is 0. The van der Waals surface area contributed by atoms with Crippen molar-refractivity contribution in [3.63, 3.8) is 0 Å². The van der Waals surface area contributed by atoms with Gasteiger partial charge in [0, 0.05) is 5.69 Å². The summed E-state index contributed by atoms with van der Waals surface area (Å²) in [6, 6.07) is 23.2. The van der Waals surface area contributed by atoms with E-state index in [1.807, 2.05) is 18.5 Å². The fourth-order valence-corrected chi connectivity index (χ4v) is 3.42. The van der Waals surface area contributed by atoms with Gasteiger partial charge in [-0.3, -0.25) is 4.57 Å². The van der Waals surface area contributed by atoms with E-state index in [0.29, 0.717) is 0 Å². The molecule has 0 bridgehead atoms. The number of hydrogen-bond acceptors (Lipinski definition) is 2. The molecule has 3 heteroatoms. The molecule has 0 atom stereocenters. The summed E-state index contributed by atoms with van der Waals surface area (Å²) in [5.41, 5.74) is 6.63. The number of nitrogens with zero attached hydrogens (tertiary/aromatic N) is 2. The van der Waals surface area contributed by atoms with Gasteiger partial charge in [0.25, 0.3) is 0 Å². The Kier molecular flexibility index (Phi) is 5.45. The van der Waals surface area contributed by atoms with Crippen LogP contribution in [0.5, 0.6) is 5.75 Å². The van der Waals surface area contributed by atoms with Gasteiger partial charge in [0.15, 0.2) is 0 Å². The van der Waals surface area contributed by atoms with Crippen LogP contribution < -0.4 is 4.74 Å². The normalized spacial score (nSPS) is 12.0. The minimum absolute atomic E-state index is 0.203. The smallest absolute Gasteiger partial charge is 0.120 e. The fourth-order valence-electron chi connectivity index (χ4n) is 3.42. The van der Waals surface area contributed by atoms with Crippen molar-refractivity contribution in [2.24, 2.45) is 0 Å². The Morgan fingerprint density at radius 2 is 1.53 bits per heavy atom. The predicted molar refractivity (Wildman–Crippen MR) is 126 cm³/mol. The van der Waals surface area contributed by atoms with Crippen molar-refractivity contribution < 1.29 is 4.74 Å². The van der Waals surface area contributed by atoms with Gasteiger partial charge in [0.2, 0.25) is 0 Å². The third-order valence-electron chi connectivity index (χ3n) is 4.97. The average Bonchev–Trinajstić information content (AvgIpc) is 3.15. The average molecular weight is 397 g/mol. The van der Waals surface area contributed by atoms with E-state index in [4.69, 9.17) is 4.74 Å². The highest BCUT2D eigenvalue weighted by Crippen LogP contribution is 2.24. The van der Waals surface area contributed by atoms with Gasteiger partial charge in [0.1, 0.15) is 17.7 Å². The number of ether oxygens (including phenoxy) is 1. The first-order chi connectivity index (χ1) is 14.4. The maximum atomic E-state index is 5.92. The van der Waals surface area contributed by atoms with E-state index in [0.717, 1.165) is 34.5 Å². The lowest BCUT2D eigenvalue weighted by atomic mass is 10.1. The number of aromatic nitrogens is 2. The van der Waals surface area contributed by atoms with Gasteiger partial charge in [-0.1, -0.05) is 49.4 Å². The third kappa shape index (κ3) is 4.62. The fraction of sp³-hybridized carbons (Fsp3) is 0.222. The molecule has 4 rings (SSSR count). The number of hydrogen-bond donors (Lipinski definition) is 0. The summed E-state index contributed by atoms with van der Waals surface area (Å²) < 4.78 is 8.03. The summed E-state index contributed by atoms with van der Waals surface area (Å²) in [5.74, 6) is 0.870. The van der Waals surface area contributed by atoms with Crippen LogP contribution in [0.3, 0.4) is 0 Å². The van der Waals surface area contributed by atoms with Crippen molar-refractivity contribution >= 4 is 23.2 Å². The van der Waals surface area contributed by atoms with Crippen molar-refractivity contribution in [2.45, 2.75) is 39.7 Å². The third-order valence-corrected chi connectivity index (χ3v) is 4.97. The van der Waals surface area contributed by atoms with Crippen molar-refractivity contribution in [3.8, 4) is 11.4 Å². The van der Waals surface area contributed by atoms with Gasteiger partial charge in [-0.25, -0.2) is 4.98 Å². The summed E-state index contributed by atoms with van der Waals surface area (Å²) in [6.07, 6.45) is 7.22. The zero-order valence-corrected chi connectivity index (χ0v) is 18.1. The molecule has 0 aliphatic heterocycles. The quantitative estimate of drug-likeness (QED) is 0.342. The van der Waals surface area contributed by atoms with Crippen molar-refractivity contribution in [1.82, 2.24) is 9.55 Å². The van der Waals surface area contributed by atoms with Crippen molar-refractivity contribution in [2.75, 3.05) is 0 Å². The molecular weight excluding hydrogens is 368 g/mol. The van der Waals surface area contributed by atoms with E-state index >= 15 is 0 Å². The van der Waals surface area contributed by atoms with Gasteiger partial charge >= 0.3 is 0 Å². The van der Waals surface area contributed by atoms with Crippen LogP contribution in [0.4, 0.5) is 0 Å². The maximum Gasteiger partial charge on any atom is 0.120 e. The molecule has 1 heterocycles. The molecule has 0 amide bonds. The maximum absolute atomic E-state index is 5.92. The van der Waals surface area contributed by atoms with Crippen molar-refractivity contribution in [3.05, 3.63) is 89.7 Å². The lowest BCUT2D eigenvalue weighted by Crippen LogP contribution is -2.22. The molecule has 0 radical (unpaired) electrons. The molecule has 0 fully saturated rings. The van der Waals surface area contributed by atoms with E-state index in [9.17, 15) is 0 Å². The van der Waals surface area contributed by atoms with Gasteiger partial charge in [0.05, 0.1) is 11.0 Å². The largest absolute Gasteiger partial charge is 0.488 e. The topological polar surface area (TPSA) is 27.1 Å². The summed E-state index contributed by atoms with van der Waals surface area (Å²) in [6.45, 7) is 8.33. The van der Waals surface area contributed by atoms with Gasteiger partial charge in [-0.15, -0.1) is 0 Å². The first-order valence-corrected chi connectivity index (χ1v) is 10.4. The van der Waals surface area contributed by atoms with Gasteiger partial charge in [-0.05, 0) is 80.3 Å². The van der Waals surface area contributed by atoms with E-state index in [1.54, 1.807) is 0 Å². The molecule has 0 saturated carbocycles. The number of rotatable bonds is 5. The molecule has 0 N–H and O–H groups in total. The molecule has 1 aromatic heterocycles. The van der Waals surface area contributed by atoms with E-state index in [1.165, 1.54) is 11.1 Å². The van der Waals surface area contributed by atoms with Crippen LogP contribution in [-0.2, 0) is 6.42 Å².